The van der Waals surface area contributed by atoms with Gasteiger partial charge in [-0.15, -0.1) is 6.58 Å². The summed E-state index contributed by atoms with van der Waals surface area (Å²) >= 11 is 0. The van der Waals surface area contributed by atoms with Gasteiger partial charge in [0, 0.05) is 6.04 Å². The zero-order chi connectivity index (χ0) is 10.9. The standard InChI is InChI=1S/C14H27N/c1-3-5-6-10-14(15-11-4-2)12-13-8-7-9-13/h3,13-15H,1,4-12H2,2H3. The maximum absolute atomic E-state index is 3.79. The van der Waals surface area contributed by atoms with E-state index < -0.39 is 0 Å². The second kappa shape index (κ2) is 7.92. The molecule has 1 saturated carbocycles. The van der Waals surface area contributed by atoms with Crippen molar-refractivity contribution in [3.8, 4) is 0 Å². The normalized spacial score (nSPS) is 18.5. The van der Waals surface area contributed by atoms with E-state index in [2.05, 4.69) is 18.8 Å². The molecule has 1 heteroatoms. The summed E-state index contributed by atoms with van der Waals surface area (Å²) in [4.78, 5) is 0. The minimum atomic E-state index is 0.773. The summed E-state index contributed by atoms with van der Waals surface area (Å²) in [5.74, 6) is 1.03. The number of nitrogens with one attached hydrogen (secondary N) is 1. The molecule has 0 aromatic rings. The molecule has 1 fully saturated rings. The summed E-state index contributed by atoms with van der Waals surface area (Å²) < 4.78 is 0. The Balaban J connectivity index is 2.14. The SMILES string of the molecule is C=CCCCC(CC1CCC1)NCCC. The molecular weight excluding hydrogens is 182 g/mol. The van der Waals surface area contributed by atoms with E-state index in [0.29, 0.717) is 0 Å². The molecule has 1 aliphatic carbocycles. The Kier molecular flexibility index (Phi) is 6.74. The van der Waals surface area contributed by atoms with Crippen molar-refractivity contribution in [2.24, 2.45) is 5.92 Å². The average molecular weight is 209 g/mol. The summed E-state index contributed by atoms with van der Waals surface area (Å²) in [6.07, 6.45) is 12.9. The van der Waals surface area contributed by atoms with Crippen LogP contribution in [0.3, 0.4) is 0 Å². The Morgan fingerprint density at radius 3 is 2.80 bits per heavy atom. The molecule has 15 heavy (non-hydrogen) atoms. The fraction of sp³-hybridized carbons (Fsp3) is 0.857. The number of hydrogen-bond donors (Lipinski definition) is 1. The summed E-state index contributed by atoms with van der Waals surface area (Å²) in [6.45, 7) is 7.22. The lowest BCUT2D eigenvalue weighted by molar-refractivity contribution is 0.253. The van der Waals surface area contributed by atoms with Gasteiger partial charge in [-0.25, -0.2) is 0 Å². The fourth-order valence-corrected chi connectivity index (χ4v) is 2.29. The first-order valence-corrected chi connectivity index (χ1v) is 6.71. The zero-order valence-electron chi connectivity index (χ0n) is 10.3. The highest BCUT2D eigenvalue weighted by Gasteiger charge is 2.21. The summed E-state index contributed by atoms with van der Waals surface area (Å²) in [5.41, 5.74) is 0. The van der Waals surface area contributed by atoms with Gasteiger partial charge in [0.05, 0.1) is 0 Å². The van der Waals surface area contributed by atoms with Crippen LogP contribution in [0.15, 0.2) is 12.7 Å². The maximum atomic E-state index is 3.79. The number of allylic oxidation sites excluding steroid dienone is 1. The molecule has 0 spiro atoms. The molecule has 1 aliphatic rings. The van der Waals surface area contributed by atoms with Crippen LogP contribution in [0.5, 0.6) is 0 Å². The highest BCUT2D eigenvalue weighted by Crippen LogP contribution is 2.31. The van der Waals surface area contributed by atoms with Crippen LogP contribution in [0, 0.1) is 5.92 Å². The van der Waals surface area contributed by atoms with E-state index in [1.165, 1.54) is 57.9 Å². The Hall–Kier alpha value is -0.300. The molecule has 0 bridgehead atoms. The smallest absolute Gasteiger partial charge is 0.00698 e. The highest BCUT2D eigenvalue weighted by atomic mass is 14.9. The lowest BCUT2D eigenvalue weighted by atomic mass is 9.80. The monoisotopic (exact) mass is 209 g/mol. The van der Waals surface area contributed by atoms with Gasteiger partial charge < -0.3 is 5.32 Å². The second-order valence-electron chi connectivity index (χ2n) is 4.90. The quantitative estimate of drug-likeness (QED) is 0.448. The topological polar surface area (TPSA) is 12.0 Å². The average Bonchev–Trinajstić information content (AvgIpc) is 2.19. The molecular formula is C14H27N. The van der Waals surface area contributed by atoms with Crippen molar-refractivity contribution in [1.82, 2.24) is 5.32 Å². The van der Waals surface area contributed by atoms with Crippen LogP contribution in [-0.4, -0.2) is 12.6 Å². The van der Waals surface area contributed by atoms with E-state index in [4.69, 9.17) is 0 Å². The molecule has 0 aromatic carbocycles. The van der Waals surface area contributed by atoms with Crippen LogP contribution >= 0.6 is 0 Å². The van der Waals surface area contributed by atoms with Gasteiger partial charge in [-0.3, -0.25) is 0 Å². The molecule has 0 heterocycles. The molecule has 1 atom stereocenters. The van der Waals surface area contributed by atoms with E-state index in [1.54, 1.807) is 0 Å². The first-order valence-electron chi connectivity index (χ1n) is 6.71. The van der Waals surface area contributed by atoms with Crippen molar-refractivity contribution in [3.05, 3.63) is 12.7 Å². The minimum absolute atomic E-state index is 0.773. The number of hydrogen-bond acceptors (Lipinski definition) is 1. The molecule has 1 N–H and O–H groups in total. The van der Waals surface area contributed by atoms with Crippen molar-refractivity contribution >= 4 is 0 Å². The third kappa shape index (κ3) is 5.36. The van der Waals surface area contributed by atoms with Gasteiger partial charge in [0.15, 0.2) is 0 Å². The van der Waals surface area contributed by atoms with Crippen LogP contribution in [0.25, 0.3) is 0 Å². The van der Waals surface area contributed by atoms with Crippen LogP contribution in [0.4, 0.5) is 0 Å². The number of rotatable bonds is 9. The Labute approximate surface area is 95.3 Å². The third-order valence-corrected chi connectivity index (χ3v) is 3.49. The van der Waals surface area contributed by atoms with Crippen LogP contribution in [-0.2, 0) is 0 Å². The molecule has 0 amide bonds. The first kappa shape index (κ1) is 12.8. The maximum Gasteiger partial charge on any atom is 0.00698 e. The Morgan fingerprint density at radius 1 is 1.47 bits per heavy atom. The van der Waals surface area contributed by atoms with E-state index in [1.807, 2.05) is 6.08 Å². The molecule has 1 rings (SSSR count). The fourth-order valence-electron chi connectivity index (χ4n) is 2.29. The number of unbranched alkanes of at least 4 members (excludes halogenated alkanes) is 1. The molecule has 0 aromatic heterocycles. The van der Waals surface area contributed by atoms with Gasteiger partial charge in [0.25, 0.3) is 0 Å². The lowest BCUT2D eigenvalue weighted by Gasteiger charge is -2.30. The summed E-state index contributed by atoms with van der Waals surface area (Å²) in [5, 5.41) is 3.69. The Morgan fingerprint density at radius 2 is 2.27 bits per heavy atom. The first-order chi connectivity index (χ1) is 7.36. The van der Waals surface area contributed by atoms with Gasteiger partial charge in [-0.2, -0.15) is 0 Å². The summed E-state index contributed by atoms with van der Waals surface area (Å²) in [7, 11) is 0. The largest absolute Gasteiger partial charge is 0.314 e. The molecule has 0 aliphatic heterocycles. The lowest BCUT2D eigenvalue weighted by Crippen LogP contribution is -2.33. The zero-order valence-corrected chi connectivity index (χ0v) is 10.3. The summed E-state index contributed by atoms with van der Waals surface area (Å²) in [6, 6.07) is 0.773. The van der Waals surface area contributed by atoms with Gasteiger partial charge in [-0.1, -0.05) is 32.3 Å². The van der Waals surface area contributed by atoms with E-state index in [0.717, 1.165) is 12.0 Å². The molecule has 1 nitrogen and oxygen atoms in total. The second-order valence-corrected chi connectivity index (χ2v) is 4.90. The molecule has 1 unspecified atom stereocenters. The van der Waals surface area contributed by atoms with Crippen LogP contribution < -0.4 is 5.32 Å². The van der Waals surface area contributed by atoms with Crippen molar-refractivity contribution in [2.75, 3.05) is 6.54 Å². The molecule has 0 saturated heterocycles. The predicted molar refractivity (Wildman–Crippen MR) is 68.1 cm³/mol. The van der Waals surface area contributed by atoms with E-state index >= 15 is 0 Å². The third-order valence-electron chi connectivity index (χ3n) is 3.49. The van der Waals surface area contributed by atoms with Crippen LogP contribution in [0.2, 0.25) is 0 Å². The van der Waals surface area contributed by atoms with Crippen molar-refractivity contribution in [2.45, 2.75) is 64.3 Å². The molecule has 0 radical (unpaired) electrons. The Bertz CT molecular complexity index is 161. The van der Waals surface area contributed by atoms with Gasteiger partial charge in [0.1, 0.15) is 0 Å². The van der Waals surface area contributed by atoms with Crippen LogP contribution in [0.1, 0.15) is 58.3 Å². The highest BCUT2D eigenvalue weighted by molar-refractivity contribution is 4.78. The molecule has 88 valence electrons. The van der Waals surface area contributed by atoms with Crippen molar-refractivity contribution < 1.29 is 0 Å². The van der Waals surface area contributed by atoms with Gasteiger partial charge in [-0.05, 0) is 44.6 Å². The van der Waals surface area contributed by atoms with Crippen molar-refractivity contribution in [3.63, 3.8) is 0 Å². The van der Waals surface area contributed by atoms with E-state index in [-0.39, 0.29) is 0 Å². The van der Waals surface area contributed by atoms with E-state index in [9.17, 15) is 0 Å². The van der Waals surface area contributed by atoms with Gasteiger partial charge in [0.2, 0.25) is 0 Å². The minimum Gasteiger partial charge on any atom is -0.314 e. The predicted octanol–water partition coefficient (Wildman–Crippen LogP) is 3.90. The van der Waals surface area contributed by atoms with Gasteiger partial charge >= 0.3 is 0 Å². The van der Waals surface area contributed by atoms with Crippen molar-refractivity contribution in [1.29, 1.82) is 0 Å².